The highest BCUT2D eigenvalue weighted by Crippen LogP contribution is 2.33. The largest absolute Gasteiger partial charge is 0.425 e. The van der Waals surface area contributed by atoms with Gasteiger partial charge in [-0.25, -0.2) is 0 Å². The van der Waals surface area contributed by atoms with Gasteiger partial charge in [0, 0.05) is 13.0 Å². The van der Waals surface area contributed by atoms with Crippen LogP contribution < -0.4 is 4.74 Å². The van der Waals surface area contributed by atoms with E-state index in [9.17, 15) is 14.9 Å². The van der Waals surface area contributed by atoms with E-state index < -0.39 is 10.9 Å². The average molecular weight is 216 g/mol. The summed E-state index contributed by atoms with van der Waals surface area (Å²) in [6.45, 7) is 1.19. The van der Waals surface area contributed by atoms with Gasteiger partial charge in [0.05, 0.1) is 4.92 Å². The SMILES string of the molecule is CC(=O)Oc1cccc([N+](=O)[O-])c1Cl. The number of ether oxygens (including phenoxy) is 1. The first-order valence-corrected chi connectivity index (χ1v) is 4.01. The summed E-state index contributed by atoms with van der Waals surface area (Å²) in [5, 5.41) is 10.3. The van der Waals surface area contributed by atoms with E-state index in [0.717, 1.165) is 0 Å². The number of carbonyl (C=O) groups excluding carboxylic acids is 1. The Kier molecular flexibility index (Phi) is 3.03. The highest BCUT2D eigenvalue weighted by Gasteiger charge is 2.16. The summed E-state index contributed by atoms with van der Waals surface area (Å²) in [7, 11) is 0. The molecule has 0 aliphatic rings. The summed E-state index contributed by atoms with van der Waals surface area (Å²) in [4.78, 5) is 20.4. The number of rotatable bonds is 2. The summed E-state index contributed by atoms with van der Waals surface area (Å²) < 4.78 is 4.66. The number of esters is 1. The van der Waals surface area contributed by atoms with E-state index in [0.29, 0.717) is 0 Å². The maximum absolute atomic E-state index is 10.6. The molecule has 14 heavy (non-hydrogen) atoms. The third-order valence-corrected chi connectivity index (χ3v) is 1.77. The molecule has 0 spiro atoms. The molecule has 0 aliphatic carbocycles. The molecule has 0 fully saturated rings. The number of carbonyl (C=O) groups is 1. The molecule has 0 radical (unpaired) electrons. The Bertz CT molecular complexity index is 391. The molecule has 0 N–H and O–H groups in total. The highest BCUT2D eigenvalue weighted by atomic mass is 35.5. The van der Waals surface area contributed by atoms with E-state index in [1.54, 1.807) is 0 Å². The Hall–Kier alpha value is -1.62. The number of nitrogens with zero attached hydrogens (tertiary/aromatic N) is 1. The topological polar surface area (TPSA) is 69.4 Å². The van der Waals surface area contributed by atoms with Gasteiger partial charge in [0.2, 0.25) is 0 Å². The quantitative estimate of drug-likeness (QED) is 0.328. The van der Waals surface area contributed by atoms with Gasteiger partial charge in [-0.2, -0.15) is 0 Å². The Balaban J connectivity index is 3.13. The standard InChI is InChI=1S/C8H6ClNO4/c1-5(11)14-7-4-2-3-6(8(7)9)10(12)13/h2-4H,1H3. The molecule has 1 rings (SSSR count). The Morgan fingerprint density at radius 3 is 2.71 bits per heavy atom. The van der Waals surface area contributed by atoms with Crippen molar-refractivity contribution < 1.29 is 14.5 Å². The third-order valence-electron chi connectivity index (χ3n) is 1.39. The van der Waals surface area contributed by atoms with Crippen LogP contribution in [0.25, 0.3) is 0 Å². The zero-order chi connectivity index (χ0) is 10.7. The summed E-state index contributed by atoms with van der Waals surface area (Å²) in [5.74, 6) is -0.583. The minimum absolute atomic E-state index is 0.00614. The van der Waals surface area contributed by atoms with E-state index in [4.69, 9.17) is 11.6 Å². The van der Waals surface area contributed by atoms with Gasteiger partial charge in [0.25, 0.3) is 5.69 Å². The average Bonchev–Trinajstić information content (AvgIpc) is 2.07. The second-order valence-electron chi connectivity index (χ2n) is 2.44. The van der Waals surface area contributed by atoms with Crippen molar-refractivity contribution >= 4 is 23.3 Å². The maximum atomic E-state index is 10.6. The Morgan fingerprint density at radius 2 is 2.21 bits per heavy atom. The zero-order valence-corrected chi connectivity index (χ0v) is 7.95. The molecule has 0 unspecified atom stereocenters. The van der Waals surface area contributed by atoms with Crippen molar-refractivity contribution in [3.8, 4) is 5.75 Å². The lowest BCUT2D eigenvalue weighted by molar-refractivity contribution is -0.384. The number of hydrogen-bond acceptors (Lipinski definition) is 4. The smallest absolute Gasteiger partial charge is 0.308 e. The lowest BCUT2D eigenvalue weighted by Gasteiger charge is -2.02. The molecule has 1 aromatic rings. The molecule has 0 atom stereocenters. The lowest BCUT2D eigenvalue weighted by Crippen LogP contribution is -2.02. The molecular formula is C8H6ClNO4. The molecule has 0 saturated heterocycles. The van der Waals surface area contributed by atoms with Gasteiger partial charge < -0.3 is 4.74 Å². The predicted molar refractivity (Wildman–Crippen MR) is 49.4 cm³/mol. The van der Waals surface area contributed by atoms with Crippen LogP contribution in [0.2, 0.25) is 5.02 Å². The first-order valence-electron chi connectivity index (χ1n) is 3.63. The number of nitro groups is 1. The molecule has 6 heteroatoms. The molecule has 0 saturated carbocycles. The van der Waals surface area contributed by atoms with Crippen LogP contribution in [0.1, 0.15) is 6.92 Å². The van der Waals surface area contributed by atoms with E-state index in [1.807, 2.05) is 0 Å². The van der Waals surface area contributed by atoms with Crippen molar-refractivity contribution in [3.05, 3.63) is 33.3 Å². The van der Waals surface area contributed by atoms with Gasteiger partial charge in [-0.3, -0.25) is 14.9 Å². The van der Waals surface area contributed by atoms with Gasteiger partial charge in [-0.1, -0.05) is 17.7 Å². The Morgan fingerprint density at radius 1 is 1.57 bits per heavy atom. The molecular weight excluding hydrogens is 210 g/mol. The number of halogens is 1. The summed E-state index contributed by atoms with van der Waals surface area (Å²) in [6.07, 6.45) is 0. The highest BCUT2D eigenvalue weighted by molar-refractivity contribution is 6.34. The van der Waals surface area contributed by atoms with E-state index in [-0.39, 0.29) is 16.5 Å². The molecule has 0 bridgehead atoms. The van der Waals surface area contributed by atoms with Crippen molar-refractivity contribution in [1.29, 1.82) is 0 Å². The van der Waals surface area contributed by atoms with Crippen LogP contribution in [0.4, 0.5) is 5.69 Å². The fraction of sp³-hybridized carbons (Fsp3) is 0.125. The fourth-order valence-corrected chi connectivity index (χ4v) is 1.11. The fourth-order valence-electron chi connectivity index (χ4n) is 0.874. The second kappa shape index (κ2) is 4.06. The van der Waals surface area contributed by atoms with Crippen LogP contribution in [0, 0.1) is 10.1 Å². The van der Waals surface area contributed by atoms with Crippen molar-refractivity contribution in [3.63, 3.8) is 0 Å². The summed E-state index contributed by atoms with van der Waals surface area (Å²) in [6, 6.07) is 4.01. The van der Waals surface area contributed by atoms with E-state index in [2.05, 4.69) is 4.74 Å². The maximum Gasteiger partial charge on any atom is 0.308 e. The molecule has 74 valence electrons. The van der Waals surface area contributed by atoms with Crippen LogP contribution in [-0.4, -0.2) is 10.9 Å². The molecule has 0 amide bonds. The Labute approximate surface area is 84.4 Å². The van der Waals surface area contributed by atoms with Gasteiger partial charge in [-0.15, -0.1) is 0 Å². The lowest BCUT2D eigenvalue weighted by atomic mass is 10.3. The number of benzene rings is 1. The first-order chi connectivity index (χ1) is 6.52. The minimum Gasteiger partial charge on any atom is -0.425 e. The number of nitro benzene ring substituents is 1. The van der Waals surface area contributed by atoms with Gasteiger partial charge in [-0.05, 0) is 6.07 Å². The van der Waals surface area contributed by atoms with Crippen LogP contribution in [0.3, 0.4) is 0 Å². The van der Waals surface area contributed by atoms with Gasteiger partial charge >= 0.3 is 5.97 Å². The molecule has 0 aromatic heterocycles. The van der Waals surface area contributed by atoms with Crippen LogP contribution in [0.15, 0.2) is 18.2 Å². The molecule has 0 aliphatic heterocycles. The van der Waals surface area contributed by atoms with Crippen molar-refractivity contribution in [2.45, 2.75) is 6.92 Å². The van der Waals surface area contributed by atoms with Crippen molar-refractivity contribution in [1.82, 2.24) is 0 Å². The van der Waals surface area contributed by atoms with Crippen molar-refractivity contribution in [2.24, 2.45) is 0 Å². The van der Waals surface area contributed by atoms with Gasteiger partial charge in [0.15, 0.2) is 10.8 Å². The van der Waals surface area contributed by atoms with E-state index >= 15 is 0 Å². The molecule has 1 aromatic carbocycles. The van der Waals surface area contributed by atoms with Crippen LogP contribution in [0.5, 0.6) is 5.75 Å². The van der Waals surface area contributed by atoms with Crippen molar-refractivity contribution in [2.75, 3.05) is 0 Å². The zero-order valence-electron chi connectivity index (χ0n) is 7.19. The summed E-state index contributed by atoms with van der Waals surface area (Å²) >= 11 is 5.63. The number of hydrogen-bond donors (Lipinski definition) is 0. The third kappa shape index (κ3) is 2.20. The second-order valence-corrected chi connectivity index (χ2v) is 2.82. The van der Waals surface area contributed by atoms with Crippen LogP contribution >= 0.6 is 11.6 Å². The monoisotopic (exact) mass is 215 g/mol. The minimum atomic E-state index is -0.644. The van der Waals surface area contributed by atoms with Crippen LogP contribution in [-0.2, 0) is 4.79 Å². The van der Waals surface area contributed by atoms with Gasteiger partial charge in [0.1, 0.15) is 0 Å². The molecule has 5 nitrogen and oxygen atoms in total. The summed E-state index contributed by atoms with van der Waals surface area (Å²) in [5.41, 5.74) is -0.287. The van der Waals surface area contributed by atoms with E-state index in [1.165, 1.54) is 25.1 Å². The first kappa shape index (κ1) is 10.5. The normalized spacial score (nSPS) is 9.57. The molecule has 0 heterocycles. The predicted octanol–water partition coefficient (Wildman–Crippen LogP) is 2.17.